The van der Waals surface area contributed by atoms with Crippen molar-refractivity contribution >= 4 is 39.5 Å². The van der Waals surface area contributed by atoms with Gasteiger partial charge in [-0.1, -0.05) is 37.6 Å². The lowest BCUT2D eigenvalue weighted by atomic mass is 9.92. The van der Waals surface area contributed by atoms with Gasteiger partial charge in [0, 0.05) is 18.2 Å². The third-order valence-corrected chi connectivity index (χ3v) is 10.1. The third kappa shape index (κ3) is 5.51. The first-order valence-corrected chi connectivity index (χ1v) is 15.1. The number of allylic oxidation sites excluding steroid dienone is 1. The summed E-state index contributed by atoms with van der Waals surface area (Å²) in [5.74, 6) is -3.41. The fraction of sp³-hybridized carbons (Fsp3) is 0.556. The first-order chi connectivity index (χ1) is 19.0. The van der Waals surface area contributed by atoms with Crippen LogP contribution in [0.4, 0.5) is 10.5 Å². The number of anilines is 1. The van der Waals surface area contributed by atoms with Gasteiger partial charge in [-0.25, -0.2) is 13.2 Å². The maximum absolute atomic E-state index is 13.9. The van der Waals surface area contributed by atoms with Crippen LogP contribution in [0.15, 0.2) is 36.4 Å². The van der Waals surface area contributed by atoms with Gasteiger partial charge in [0.15, 0.2) is 11.0 Å². The summed E-state index contributed by atoms with van der Waals surface area (Å²) >= 11 is 0. The van der Waals surface area contributed by atoms with Crippen molar-refractivity contribution in [3.05, 3.63) is 42.0 Å². The molecule has 1 aromatic rings. The average Bonchev–Trinajstić information content (AvgIpc) is 3.41. The smallest absolute Gasteiger partial charge is 0.405 e. The summed E-state index contributed by atoms with van der Waals surface area (Å²) in [4.78, 5) is 51.3. The van der Waals surface area contributed by atoms with Crippen molar-refractivity contribution in [1.29, 1.82) is 0 Å². The number of ether oxygens (including phenoxy) is 1. The minimum absolute atomic E-state index is 0.00107. The van der Waals surface area contributed by atoms with E-state index in [0.29, 0.717) is 24.9 Å². The lowest BCUT2D eigenvalue weighted by Crippen LogP contribution is -2.68. The molecule has 0 bridgehead atoms. The predicted octanol–water partition coefficient (Wildman–Crippen LogP) is 1.65. The average molecular weight is 576 g/mol. The van der Waals surface area contributed by atoms with E-state index in [0.717, 1.165) is 23.3 Å². The number of sulfonamides is 1. The van der Waals surface area contributed by atoms with Crippen molar-refractivity contribution in [2.24, 2.45) is 17.4 Å². The second-order valence-corrected chi connectivity index (χ2v) is 12.6. The van der Waals surface area contributed by atoms with Crippen LogP contribution in [0.3, 0.4) is 0 Å². The zero-order valence-electron chi connectivity index (χ0n) is 22.6. The van der Waals surface area contributed by atoms with Crippen LogP contribution in [0.1, 0.15) is 63.9 Å². The Hall–Kier alpha value is -3.61. The molecular weight excluding hydrogens is 538 g/mol. The second-order valence-electron chi connectivity index (χ2n) is 10.6. The van der Waals surface area contributed by atoms with E-state index in [1.807, 2.05) is 25.1 Å². The summed E-state index contributed by atoms with van der Waals surface area (Å²) in [6.07, 6.45) is 5.00. The first kappa shape index (κ1) is 29.4. The van der Waals surface area contributed by atoms with E-state index in [-0.39, 0.29) is 32.2 Å². The molecule has 12 nitrogen and oxygen atoms in total. The normalized spacial score (nSPS) is 29.3. The lowest BCUT2D eigenvalue weighted by Gasteiger charge is -2.37. The van der Waals surface area contributed by atoms with Gasteiger partial charge >= 0.3 is 6.09 Å². The van der Waals surface area contributed by atoms with Gasteiger partial charge in [0.1, 0.15) is 0 Å². The molecular formula is C27H37N5O7S. The number of amides is 4. The van der Waals surface area contributed by atoms with Crippen LogP contribution in [-0.4, -0.2) is 60.2 Å². The Balaban J connectivity index is 1.72. The highest BCUT2D eigenvalue weighted by atomic mass is 32.2. The molecule has 4 rings (SSSR count). The molecule has 2 fully saturated rings. The highest BCUT2D eigenvalue weighted by molar-refractivity contribution is 7.94. The highest BCUT2D eigenvalue weighted by Crippen LogP contribution is 2.50. The number of nitrogens with zero attached hydrogens (tertiary/aromatic N) is 1. The Morgan fingerprint density at radius 1 is 1.12 bits per heavy atom. The Kier molecular flexibility index (Phi) is 8.43. The minimum Gasteiger partial charge on any atom is -0.436 e. The Morgan fingerprint density at radius 3 is 2.50 bits per heavy atom. The number of benzene rings is 1. The number of carbonyl (C=O) groups is 4. The Bertz CT molecular complexity index is 1300. The molecule has 0 aromatic heterocycles. The third-order valence-electron chi connectivity index (χ3n) is 8.05. The maximum Gasteiger partial charge on any atom is 0.405 e. The molecule has 1 aromatic carbocycles. The molecule has 3 aliphatic rings. The molecule has 13 heteroatoms. The minimum atomic E-state index is -4.22. The largest absolute Gasteiger partial charge is 0.436 e. The van der Waals surface area contributed by atoms with Crippen molar-refractivity contribution in [3.8, 4) is 0 Å². The van der Waals surface area contributed by atoms with E-state index in [4.69, 9.17) is 16.2 Å². The van der Waals surface area contributed by atoms with Gasteiger partial charge in [0.2, 0.25) is 5.54 Å². The number of hydrogen-bond donors (Lipinski definition) is 4. The lowest BCUT2D eigenvalue weighted by molar-refractivity contribution is -0.157. The van der Waals surface area contributed by atoms with Crippen molar-refractivity contribution in [1.82, 2.24) is 10.2 Å². The fourth-order valence-electron chi connectivity index (χ4n) is 5.66. The van der Waals surface area contributed by atoms with Crippen LogP contribution in [0.2, 0.25) is 0 Å². The van der Waals surface area contributed by atoms with Crippen LogP contribution in [0.5, 0.6) is 0 Å². The number of aryl methyl sites for hydroxylation is 1. The second kappa shape index (κ2) is 11.5. The van der Waals surface area contributed by atoms with E-state index in [1.54, 1.807) is 18.2 Å². The number of primary amides is 2. The molecule has 6 N–H and O–H groups in total. The molecule has 4 atom stereocenters. The summed E-state index contributed by atoms with van der Waals surface area (Å²) in [5, 5.41) is 2.62. The van der Waals surface area contributed by atoms with Crippen molar-refractivity contribution in [2.75, 3.05) is 11.3 Å². The van der Waals surface area contributed by atoms with E-state index < -0.39 is 56.3 Å². The van der Waals surface area contributed by atoms with E-state index in [1.165, 1.54) is 0 Å². The quantitative estimate of drug-likeness (QED) is 0.293. The van der Waals surface area contributed by atoms with E-state index in [2.05, 4.69) is 10.0 Å². The van der Waals surface area contributed by atoms with Gasteiger partial charge in [-0.05, 0) is 69.1 Å². The number of hydrogen-bond acceptors (Lipinski definition) is 7. The topological polar surface area (TPSA) is 191 Å². The number of nitrogens with two attached hydrogens (primary N) is 2. The van der Waals surface area contributed by atoms with Crippen LogP contribution in [-0.2, 0) is 35.6 Å². The number of rotatable bonds is 6. The summed E-state index contributed by atoms with van der Waals surface area (Å²) in [6.45, 7) is 1.98. The Morgan fingerprint density at radius 2 is 1.85 bits per heavy atom. The zero-order chi connectivity index (χ0) is 29.1. The van der Waals surface area contributed by atoms with Crippen LogP contribution in [0, 0.1) is 5.92 Å². The van der Waals surface area contributed by atoms with Gasteiger partial charge in [0.25, 0.3) is 27.7 Å². The van der Waals surface area contributed by atoms with Gasteiger partial charge in [-0.15, -0.1) is 0 Å². The molecule has 1 saturated carbocycles. The molecule has 40 heavy (non-hydrogen) atoms. The predicted molar refractivity (Wildman–Crippen MR) is 147 cm³/mol. The molecule has 2 heterocycles. The van der Waals surface area contributed by atoms with E-state index >= 15 is 0 Å². The van der Waals surface area contributed by atoms with Gasteiger partial charge < -0.3 is 26.4 Å². The summed E-state index contributed by atoms with van der Waals surface area (Å²) in [5.41, 5.74) is 10.2. The number of nitrogens with one attached hydrogen (secondary N) is 2. The van der Waals surface area contributed by atoms with Crippen molar-refractivity contribution < 1.29 is 32.3 Å². The molecule has 0 radical (unpaired) electrons. The van der Waals surface area contributed by atoms with E-state index in [9.17, 15) is 27.6 Å². The highest BCUT2D eigenvalue weighted by Gasteiger charge is 2.67. The molecule has 1 aliphatic carbocycles. The number of carbonyl (C=O) groups excluding carboxylic acids is 4. The van der Waals surface area contributed by atoms with Crippen molar-refractivity contribution in [3.63, 3.8) is 0 Å². The molecule has 0 spiro atoms. The molecule has 4 amide bonds. The zero-order valence-corrected chi connectivity index (χ0v) is 23.4. The SMILES string of the molecule is CCc1ccc(NS(=O)(=O)C23CC2C=CCCCCCC(OC(N)=O)C(=O)N2CCCC2(C(N)=O)C(=O)N3)cc1. The van der Waals surface area contributed by atoms with Crippen LogP contribution in [0.25, 0.3) is 0 Å². The molecule has 218 valence electrons. The number of fused-ring (bicyclic) bond motifs is 2. The van der Waals surface area contributed by atoms with Crippen molar-refractivity contribution in [2.45, 2.75) is 81.2 Å². The summed E-state index contributed by atoms with van der Waals surface area (Å²) in [6, 6.07) is 6.92. The van der Waals surface area contributed by atoms with Gasteiger partial charge in [-0.2, -0.15) is 0 Å². The Labute approximate surface area is 233 Å². The first-order valence-electron chi connectivity index (χ1n) is 13.6. The van der Waals surface area contributed by atoms with Crippen LogP contribution < -0.4 is 21.5 Å². The van der Waals surface area contributed by atoms with Crippen LogP contribution >= 0.6 is 0 Å². The van der Waals surface area contributed by atoms with Gasteiger partial charge in [-0.3, -0.25) is 19.1 Å². The summed E-state index contributed by atoms with van der Waals surface area (Å²) in [7, 11) is -4.22. The molecule has 1 saturated heterocycles. The maximum atomic E-state index is 13.9. The molecule has 2 aliphatic heterocycles. The standard InChI is InChI=1S/C27H37N5O7S/c1-2-18-11-13-20(14-12-18)31-40(37,38)27-17-19(27)9-6-4-3-5-7-10-21(39-25(29)36)22(33)32-16-8-15-26(32,23(28)34)24(35)30-27/h6,9,11-14,19,21,31H,2-5,7-8,10,15-17H2,1H3,(H2,28,34)(H2,29,36)(H,30,35). The fourth-order valence-corrected chi connectivity index (χ4v) is 7.39. The molecule has 4 unspecified atom stereocenters. The van der Waals surface area contributed by atoms with Gasteiger partial charge in [0.05, 0.1) is 0 Å². The summed E-state index contributed by atoms with van der Waals surface area (Å²) < 4.78 is 35.2. The monoisotopic (exact) mass is 575 g/mol.